The van der Waals surface area contributed by atoms with E-state index < -0.39 is 0 Å². The van der Waals surface area contributed by atoms with Gasteiger partial charge in [-0.15, -0.1) is 0 Å². The first kappa shape index (κ1) is 20.0. The first-order valence-corrected chi connectivity index (χ1v) is 10.5. The highest BCUT2D eigenvalue weighted by atomic mass is 35.5. The topological polar surface area (TPSA) is 106 Å². The third-order valence-corrected chi connectivity index (χ3v) is 6.07. The Hall–Kier alpha value is -2.33. The fourth-order valence-electron chi connectivity index (χ4n) is 3.35. The summed E-state index contributed by atoms with van der Waals surface area (Å²) in [7, 11) is 0. The molecule has 3 atom stereocenters. The maximum Gasteiger partial charge on any atom is 0.230 e. The van der Waals surface area contributed by atoms with E-state index in [4.69, 9.17) is 26.4 Å². The van der Waals surface area contributed by atoms with Gasteiger partial charge in [-0.25, -0.2) is 10.4 Å². The standard InChI is InChI=1S/C19H21ClN6O2S/c1-11-16-17(21)26(14-7-3-2-6-13(14)20)19(23-18(16)25-24-11)29-10-15(27)22-9-12-5-4-8-28-12/h2-8,11,16,18,21,24-25H,9-10H2,1H3,(H,22,27). The fourth-order valence-corrected chi connectivity index (χ4v) is 4.44. The SMILES string of the molecule is CC1NNC2N=C(SCC(=O)NCc3ccco3)N(c3ccccc3Cl)C(=N)C12. The van der Waals surface area contributed by atoms with Crippen LogP contribution in [0.2, 0.25) is 5.02 Å². The number of hydrogen-bond acceptors (Lipinski definition) is 7. The summed E-state index contributed by atoms with van der Waals surface area (Å²) >= 11 is 7.69. The van der Waals surface area contributed by atoms with Gasteiger partial charge < -0.3 is 9.73 Å². The minimum Gasteiger partial charge on any atom is -0.467 e. The van der Waals surface area contributed by atoms with Crippen molar-refractivity contribution in [2.75, 3.05) is 10.7 Å². The molecule has 3 heterocycles. The van der Waals surface area contributed by atoms with Crippen LogP contribution in [0.5, 0.6) is 0 Å². The molecular formula is C19H21ClN6O2S. The van der Waals surface area contributed by atoms with Crippen molar-refractivity contribution in [2.45, 2.75) is 25.7 Å². The molecule has 29 heavy (non-hydrogen) atoms. The summed E-state index contributed by atoms with van der Waals surface area (Å²) in [5.41, 5.74) is 6.95. The molecule has 3 unspecified atom stereocenters. The average molecular weight is 433 g/mol. The molecule has 1 aromatic carbocycles. The number of halogens is 1. The van der Waals surface area contributed by atoms with Crippen LogP contribution < -0.4 is 21.1 Å². The molecule has 2 aromatic rings. The first-order chi connectivity index (χ1) is 14.0. The van der Waals surface area contributed by atoms with E-state index in [0.29, 0.717) is 34.0 Å². The van der Waals surface area contributed by atoms with Crippen LogP contribution in [0.15, 0.2) is 52.1 Å². The van der Waals surface area contributed by atoms with Crippen LogP contribution in [0.1, 0.15) is 12.7 Å². The first-order valence-electron chi connectivity index (χ1n) is 9.18. The van der Waals surface area contributed by atoms with Crippen LogP contribution in [0.4, 0.5) is 5.69 Å². The van der Waals surface area contributed by atoms with Crippen molar-refractivity contribution in [1.82, 2.24) is 16.2 Å². The number of fused-ring (bicyclic) bond motifs is 1. The molecule has 10 heteroatoms. The quantitative estimate of drug-likeness (QED) is 0.578. The van der Waals surface area contributed by atoms with Crippen molar-refractivity contribution in [3.8, 4) is 0 Å². The molecular weight excluding hydrogens is 412 g/mol. The van der Waals surface area contributed by atoms with Gasteiger partial charge in [0.25, 0.3) is 0 Å². The monoisotopic (exact) mass is 432 g/mol. The van der Waals surface area contributed by atoms with Crippen LogP contribution in [-0.4, -0.2) is 34.9 Å². The summed E-state index contributed by atoms with van der Waals surface area (Å²) in [4.78, 5) is 18.8. The molecule has 1 saturated heterocycles. The zero-order chi connectivity index (χ0) is 20.4. The Morgan fingerprint density at radius 3 is 2.93 bits per heavy atom. The van der Waals surface area contributed by atoms with Gasteiger partial charge in [0.1, 0.15) is 17.8 Å². The largest absolute Gasteiger partial charge is 0.467 e. The van der Waals surface area contributed by atoms with Crippen LogP contribution >= 0.6 is 23.4 Å². The summed E-state index contributed by atoms with van der Waals surface area (Å²) in [5.74, 6) is 0.961. The number of anilines is 1. The highest BCUT2D eigenvalue weighted by Gasteiger charge is 2.44. The summed E-state index contributed by atoms with van der Waals surface area (Å²) in [6.07, 6.45) is 1.31. The minimum atomic E-state index is -0.259. The van der Waals surface area contributed by atoms with Crippen molar-refractivity contribution in [3.05, 3.63) is 53.4 Å². The van der Waals surface area contributed by atoms with Crippen LogP contribution in [0.3, 0.4) is 0 Å². The highest BCUT2D eigenvalue weighted by Crippen LogP contribution is 2.34. The number of thioether (sulfide) groups is 1. The van der Waals surface area contributed by atoms with Gasteiger partial charge in [0, 0.05) is 6.04 Å². The molecule has 152 valence electrons. The Morgan fingerprint density at radius 1 is 1.34 bits per heavy atom. The molecule has 0 saturated carbocycles. The van der Waals surface area contributed by atoms with Gasteiger partial charge in [-0.05, 0) is 31.2 Å². The normalized spacial score (nSPS) is 23.7. The van der Waals surface area contributed by atoms with Gasteiger partial charge >= 0.3 is 0 Å². The lowest BCUT2D eigenvalue weighted by atomic mass is 9.97. The molecule has 1 amide bonds. The molecule has 2 aliphatic rings. The Bertz CT molecular complexity index is 935. The van der Waals surface area contributed by atoms with Gasteiger partial charge in [-0.3, -0.25) is 20.5 Å². The summed E-state index contributed by atoms with van der Waals surface area (Å²) in [6, 6.07) is 11.0. The molecule has 0 aliphatic carbocycles. The van der Waals surface area contributed by atoms with Crippen LogP contribution in [0.25, 0.3) is 0 Å². The van der Waals surface area contributed by atoms with E-state index in [1.54, 1.807) is 29.4 Å². The second-order valence-electron chi connectivity index (χ2n) is 6.78. The lowest BCUT2D eigenvalue weighted by Gasteiger charge is -2.36. The summed E-state index contributed by atoms with van der Waals surface area (Å²) < 4.78 is 5.23. The van der Waals surface area contributed by atoms with Crippen molar-refractivity contribution in [1.29, 1.82) is 5.41 Å². The third kappa shape index (κ3) is 4.18. The number of para-hydroxylation sites is 1. The number of furan rings is 1. The molecule has 1 aromatic heterocycles. The smallest absolute Gasteiger partial charge is 0.230 e. The highest BCUT2D eigenvalue weighted by molar-refractivity contribution is 8.14. The zero-order valence-electron chi connectivity index (χ0n) is 15.7. The number of benzene rings is 1. The number of carbonyl (C=O) groups is 1. The van der Waals surface area contributed by atoms with Gasteiger partial charge in [0.2, 0.25) is 5.91 Å². The van der Waals surface area contributed by atoms with E-state index in [9.17, 15) is 4.79 Å². The maximum absolute atomic E-state index is 12.3. The number of rotatable bonds is 5. The molecule has 4 rings (SSSR count). The van der Waals surface area contributed by atoms with Gasteiger partial charge in [0.15, 0.2) is 5.17 Å². The van der Waals surface area contributed by atoms with Crippen molar-refractivity contribution < 1.29 is 9.21 Å². The predicted octanol–water partition coefficient (Wildman–Crippen LogP) is 2.57. The Labute approximate surface area is 177 Å². The maximum atomic E-state index is 12.3. The summed E-state index contributed by atoms with van der Waals surface area (Å²) in [5, 5.41) is 12.7. The van der Waals surface area contributed by atoms with Gasteiger partial charge in [-0.2, -0.15) is 0 Å². The Morgan fingerprint density at radius 2 is 2.17 bits per heavy atom. The molecule has 0 radical (unpaired) electrons. The van der Waals surface area contributed by atoms with Gasteiger partial charge in [0.05, 0.1) is 35.2 Å². The number of hydrazine groups is 1. The van der Waals surface area contributed by atoms with Crippen molar-refractivity contribution in [3.63, 3.8) is 0 Å². The number of carbonyl (C=O) groups excluding carboxylic acids is 1. The Balaban J connectivity index is 1.52. The van der Waals surface area contributed by atoms with E-state index in [1.807, 2.05) is 25.1 Å². The lowest BCUT2D eigenvalue weighted by molar-refractivity contribution is -0.118. The third-order valence-electron chi connectivity index (χ3n) is 4.80. The van der Waals surface area contributed by atoms with E-state index in [2.05, 4.69) is 16.2 Å². The second kappa shape index (κ2) is 8.58. The number of hydrogen-bond donors (Lipinski definition) is 4. The minimum absolute atomic E-state index is 0.0457. The van der Waals surface area contributed by atoms with Gasteiger partial charge in [-0.1, -0.05) is 35.5 Å². The second-order valence-corrected chi connectivity index (χ2v) is 8.13. The molecule has 0 bridgehead atoms. The molecule has 0 spiro atoms. The lowest BCUT2D eigenvalue weighted by Crippen LogP contribution is -2.50. The number of nitrogens with zero attached hydrogens (tertiary/aromatic N) is 2. The predicted molar refractivity (Wildman–Crippen MR) is 115 cm³/mol. The zero-order valence-corrected chi connectivity index (χ0v) is 17.3. The van der Waals surface area contributed by atoms with Crippen LogP contribution in [-0.2, 0) is 11.3 Å². The average Bonchev–Trinajstić information content (AvgIpc) is 3.36. The van der Waals surface area contributed by atoms with E-state index >= 15 is 0 Å². The number of amides is 1. The van der Waals surface area contributed by atoms with E-state index in [-0.39, 0.29) is 29.8 Å². The van der Waals surface area contributed by atoms with E-state index in [1.165, 1.54) is 11.8 Å². The fraction of sp³-hybridized carbons (Fsp3) is 0.316. The molecule has 4 N–H and O–H groups in total. The van der Waals surface area contributed by atoms with Crippen molar-refractivity contribution in [2.24, 2.45) is 10.9 Å². The number of aliphatic imine (C=N–C) groups is 1. The molecule has 2 aliphatic heterocycles. The van der Waals surface area contributed by atoms with Crippen molar-refractivity contribution >= 4 is 46.0 Å². The number of nitrogens with one attached hydrogen (secondary N) is 4. The van der Waals surface area contributed by atoms with Crippen LogP contribution in [0, 0.1) is 11.3 Å². The Kier molecular flexibility index (Phi) is 5.91. The number of amidine groups is 2. The molecule has 8 nitrogen and oxygen atoms in total. The molecule has 1 fully saturated rings. The summed E-state index contributed by atoms with van der Waals surface area (Å²) in [6.45, 7) is 2.34. The van der Waals surface area contributed by atoms with E-state index in [0.717, 1.165) is 0 Å².